The number of carbonyl (C=O) groups is 1. The van der Waals surface area contributed by atoms with Crippen molar-refractivity contribution in [2.75, 3.05) is 13.1 Å². The number of nitrogens with two attached hydrogens (primary N) is 1. The third kappa shape index (κ3) is 2.84. The highest BCUT2D eigenvalue weighted by Crippen LogP contribution is 2.25. The van der Waals surface area contributed by atoms with Crippen LogP contribution in [0.1, 0.15) is 12.8 Å². The van der Waals surface area contributed by atoms with Gasteiger partial charge in [0.25, 0.3) is 0 Å². The lowest BCUT2D eigenvalue weighted by molar-refractivity contribution is -0.122. The molecule has 0 radical (unpaired) electrons. The van der Waals surface area contributed by atoms with E-state index in [4.69, 9.17) is 5.73 Å². The topological polar surface area (TPSA) is 124 Å². The van der Waals surface area contributed by atoms with Gasteiger partial charge in [-0.2, -0.15) is 4.31 Å². The molecule has 1 aliphatic heterocycles. The molecule has 140 valence electrons. The quantitative estimate of drug-likeness (QED) is 0.693. The molecule has 1 saturated heterocycles. The summed E-state index contributed by atoms with van der Waals surface area (Å²) < 4.78 is 29.5. The molecular formula is C16H20N4O5S. The zero-order chi connectivity index (χ0) is 19.2. The van der Waals surface area contributed by atoms with Gasteiger partial charge in [0.15, 0.2) is 0 Å². The summed E-state index contributed by atoms with van der Waals surface area (Å²) in [5.74, 6) is -0.725. The van der Waals surface area contributed by atoms with Gasteiger partial charge >= 0.3 is 11.1 Å². The van der Waals surface area contributed by atoms with Crippen LogP contribution in [0.15, 0.2) is 32.7 Å². The minimum atomic E-state index is -3.78. The highest BCUT2D eigenvalue weighted by molar-refractivity contribution is 7.89. The van der Waals surface area contributed by atoms with E-state index in [1.165, 1.54) is 41.2 Å². The molecule has 1 aromatic carbocycles. The van der Waals surface area contributed by atoms with Crippen molar-refractivity contribution in [3.63, 3.8) is 0 Å². The number of rotatable bonds is 3. The Morgan fingerprint density at radius 2 is 1.58 bits per heavy atom. The number of hydrogen-bond donors (Lipinski definition) is 1. The van der Waals surface area contributed by atoms with Gasteiger partial charge < -0.3 is 14.9 Å². The maximum Gasteiger partial charge on any atom is 0.316 e. The molecule has 26 heavy (non-hydrogen) atoms. The lowest BCUT2D eigenvalue weighted by Crippen LogP contribution is -2.42. The summed E-state index contributed by atoms with van der Waals surface area (Å²) in [6.45, 7) is 0.417. The van der Waals surface area contributed by atoms with E-state index in [-0.39, 0.29) is 23.9 Å². The smallest absolute Gasteiger partial charge is 0.316 e. The van der Waals surface area contributed by atoms with Gasteiger partial charge in [0.1, 0.15) is 0 Å². The Hall–Kier alpha value is -2.46. The second-order valence-corrected chi connectivity index (χ2v) is 8.40. The Labute approximate surface area is 149 Å². The Balaban J connectivity index is 2.04. The van der Waals surface area contributed by atoms with E-state index in [0.717, 1.165) is 4.57 Å². The second kappa shape index (κ2) is 6.36. The third-order valence-electron chi connectivity index (χ3n) is 4.96. The second-order valence-electron chi connectivity index (χ2n) is 6.46. The van der Waals surface area contributed by atoms with Gasteiger partial charge in [0.05, 0.1) is 15.9 Å². The van der Waals surface area contributed by atoms with E-state index < -0.39 is 27.0 Å². The van der Waals surface area contributed by atoms with Gasteiger partial charge in [0, 0.05) is 33.1 Å². The molecule has 3 rings (SSSR count). The van der Waals surface area contributed by atoms with Gasteiger partial charge in [0.2, 0.25) is 15.9 Å². The maximum absolute atomic E-state index is 12.9. The molecule has 0 unspecified atom stereocenters. The largest absolute Gasteiger partial charge is 0.369 e. The summed E-state index contributed by atoms with van der Waals surface area (Å²) in [7, 11) is -0.878. The first kappa shape index (κ1) is 18.3. The lowest BCUT2D eigenvalue weighted by Gasteiger charge is -2.29. The number of piperidine rings is 1. The first-order valence-electron chi connectivity index (χ1n) is 8.14. The van der Waals surface area contributed by atoms with Crippen LogP contribution in [0.25, 0.3) is 11.0 Å². The predicted molar refractivity (Wildman–Crippen MR) is 95.1 cm³/mol. The van der Waals surface area contributed by atoms with Gasteiger partial charge in [-0.3, -0.25) is 14.4 Å². The Morgan fingerprint density at radius 3 is 2.12 bits per heavy atom. The molecule has 2 heterocycles. The number of nitrogens with zero attached hydrogens (tertiary/aromatic N) is 3. The molecular weight excluding hydrogens is 360 g/mol. The zero-order valence-electron chi connectivity index (χ0n) is 14.5. The minimum absolute atomic E-state index is 0.0381. The summed E-state index contributed by atoms with van der Waals surface area (Å²) in [6.07, 6.45) is 0.768. The number of amides is 1. The van der Waals surface area contributed by atoms with Crippen LogP contribution < -0.4 is 16.9 Å². The van der Waals surface area contributed by atoms with E-state index in [0.29, 0.717) is 23.9 Å². The highest BCUT2D eigenvalue weighted by Gasteiger charge is 2.31. The molecule has 0 atom stereocenters. The van der Waals surface area contributed by atoms with E-state index >= 15 is 0 Å². The van der Waals surface area contributed by atoms with Crippen molar-refractivity contribution in [1.29, 1.82) is 0 Å². The number of aromatic nitrogens is 2. The minimum Gasteiger partial charge on any atom is -0.369 e. The van der Waals surface area contributed by atoms with Crippen LogP contribution in [0, 0.1) is 5.92 Å². The summed E-state index contributed by atoms with van der Waals surface area (Å²) in [6, 6.07) is 4.33. The lowest BCUT2D eigenvalue weighted by atomic mass is 9.98. The SMILES string of the molecule is Cn1c(=O)c(=O)n(C)c2cc(S(=O)(=O)N3CCC(C(N)=O)CC3)ccc21. The highest BCUT2D eigenvalue weighted by atomic mass is 32.2. The van der Waals surface area contributed by atoms with Crippen LogP contribution in [0.2, 0.25) is 0 Å². The molecule has 1 amide bonds. The molecule has 0 aliphatic carbocycles. The van der Waals surface area contributed by atoms with Gasteiger partial charge in [-0.1, -0.05) is 0 Å². The maximum atomic E-state index is 12.9. The first-order chi connectivity index (χ1) is 12.1. The molecule has 0 bridgehead atoms. The van der Waals surface area contributed by atoms with Gasteiger partial charge in [-0.15, -0.1) is 0 Å². The number of carbonyl (C=O) groups excluding carboxylic acids is 1. The fraction of sp³-hybridized carbons (Fsp3) is 0.438. The third-order valence-corrected chi connectivity index (χ3v) is 6.85. The van der Waals surface area contributed by atoms with Crippen LogP contribution in [0.5, 0.6) is 0 Å². The van der Waals surface area contributed by atoms with E-state index in [2.05, 4.69) is 0 Å². The van der Waals surface area contributed by atoms with Crippen molar-refractivity contribution in [1.82, 2.24) is 13.4 Å². The van der Waals surface area contributed by atoms with Crippen LogP contribution in [-0.2, 0) is 28.9 Å². The first-order valence-corrected chi connectivity index (χ1v) is 9.58. The monoisotopic (exact) mass is 380 g/mol. The molecule has 1 fully saturated rings. The number of benzene rings is 1. The molecule has 0 saturated carbocycles. The Bertz CT molecular complexity index is 1110. The number of primary amides is 1. The average Bonchev–Trinajstić information content (AvgIpc) is 2.64. The molecule has 10 heteroatoms. The normalized spacial score (nSPS) is 16.8. The van der Waals surface area contributed by atoms with Gasteiger partial charge in [-0.05, 0) is 31.0 Å². The van der Waals surface area contributed by atoms with Crippen LogP contribution in [0.4, 0.5) is 0 Å². The van der Waals surface area contributed by atoms with E-state index in [9.17, 15) is 22.8 Å². The van der Waals surface area contributed by atoms with Crippen LogP contribution in [-0.4, -0.2) is 40.9 Å². The van der Waals surface area contributed by atoms with Crippen molar-refractivity contribution in [3.8, 4) is 0 Å². The van der Waals surface area contributed by atoms with Crippen LogP contribution in [0.3, 0.4) is 0 Å². The predicted octanol–water partition coefficient (Wildman–Crippen LogP) is -0.877. The van der Waals surface area contributed by atoms with E-state index in [1.807, 2.05) is 0 Å². The molecule has 1 aliphatic rings. The van der Waals surface area contributed by atoms with Crippen molar-refractivity contribution in [2.24, 2.45) is 25.7 Å². The molecule has 2 N–H and O–H groups in total. The Kier molecular flexibility index (Phi) is 4.49. The van der Waals surface area contributed by atoms with Crippen molar-refractivity contribution >= 4 is 27.0 Å². The van der Waals surface area contributed by atoms with Crippen molar-refractivity contribution < 1.29 is 13.2 Å². The molecule has 9 nitrogen and oxygen atoms in total. The fourth-order valence-electron chi connectivity index (χ4n) is 3.25. The summed E-state index contributed by atoms with van der Waals surface area (Å²) >= 11 is 0. The molecule has 1 aromatic heterocycles. The summed E-state index contributed by atoms with van der Waals surface area (Å²) in [5.41, 5.74) is 4.70. The van der Waals surface area contributed by atoms with Crippen LogP contribution >= 0.6 is 0 Å². The number of fused-ring (bicyclic) bond motifs is 1. The number of sulfonamides is 1. The van der Waals surface area contributed by atoms with Crippen molar-refractivity contribution in [3.05, 3.63) is 38.9 Å². The summed E-state index contributed by atoms with van der Waals surface area (Å²) in [4.78, 5) is 35.2. The summed E-state index contributed by atoms with van der Waals surface area (Å²) in [5, 5.41) is 0. The number of hydrogen-bond acceptors (Lipinski definition) is 5. The molecule has 0 spiro atoms. The number of aryl methyl sites for hydroxylation is 2. The Morgan fingerprint density at radius 1 is 1.04 bits per heavy atom. The van der Waals surface area contributed by atoms with E-state index in [1.54, 1.807) is 0 Å². The fourth-order valence-corrected chi connectivity index (χ4v) is 4.74. The molecule has 2 aromatic rings. The average molecular weight is 380 g/mol. The zero-order valence-corrected chi connectivity index (χ0v) is 15.3. The van der Waals surface area contributed by atoms with Gasteiger partial charge in [-0.25, -0.2) is 8.42 Å². The van der Waals surface area contributed by atoms with Crippen molar-refractivity contribution in [2.45, 2.75) is 17.7 Å². The standard InChI is InChI=1S/C16H20N4O5S/c1-18-12-4-3-11(9-13(12)19(2)16(23)15(18)22)26(24,25)20-7-5-10(6-8-20)14(17)21/h3-4,9-10H,5-8H2,1-2H3,(H2,17,21).